The predicted octanol–water partition coefficient (Wildman–Crippen LogP) is 3.31. The monoisotopic (exact) mass is 323 g/mol. The summed E-state index contributed by atoms with van der Waals surface area (Å²) in [5.74, 6) is -0.273. The number of amides is 1. The van der Waals surface area contributed by atoms with E-state index in [4.69, 9.17) is 14.6 Å². The number of methoxy groups -OCH3 is 1. The summed E-state index contributed by atoms with van der Waals surface area (Å²) in [7, 11) is 1.53. The van der Waals surface area contributed by atoms with Gasteiger partial charge in [0.25, 0.3) is 0 Å². The van der Waals surface area contributed by atoms with Crippen molar-refractivity contribution in [3.8, 4) is 11.5 Å². The molecule has 0 unspecified atom stereocenters. The van der Waals surface area contributed by atoms with Crippen LogP contribution in [0.4, 0.5) is 5.69 Å². The molecule has 0 spiro atoms. The van der Waals surface area contributed by atoms with Crippen LogP contribution in [0.3, 0.4) is 0 Å². The average molecular weight is 323 g/mol. The first kappa shape index (κ1) is 18.8. The second kappa shape index (κ2) is 8.41. The number of carboxylic acids is 1. The molecule has 0 aliphatic heterocycles. The summed E-state index contributed by atoms with van der Waals surface area (Å²) in [6.07, 6.45) is 1.78. The van der Waals surface area contributed by atoms with Gasteiger partial charge in [0, 0.05) is 12.5 Å². The van der Waals surface area contributed by atoms with Crippen molar-refractivity contribution in [3.05, 3.63) is 18.2 Å². The molecule has 0 radical (unpaired) electrons. The highest BCUT2D eigenvalue weighted by molar-refractivity contribution is 5.95. The van der Waals surface area contributed by atoms with E-state index < -0.39 is 11.4 Å². The Morgan fingerprint density at radius 2 is 2.00 bits per heavy atom. The molecule has 1 aromatic rings. The van der Waals surface area contributed by atoms with Crippen molar-refractivity contribution >= 4 is 17.6 Å². The molecule has 0 fully saturated rings. The Balaban J connectivity index is 2.87. The fourth-order valence-electron chi connectivity index (χ4n) is 1.86. The van der Waals surface area contributed by atoms with Gasteiger partial charge in [-0.25, -0.2) is 0 Å². The number of nitrogens with one attached hydrogen (secondary N) is 1. The third-order valence-electron chi connectivity index (χ3n) is 3.40. The van der Waals surface area contributed by atoms with E-state index in [0.717, 1.165) is 12.8 Å². The van der Waals surface area contributed by atoms with Gasteiger partial charge in [-0.1, -0.05) is 13.3 Å². The van der Waals surface area contributed by atoms with Crippen molar-refractivity contribution < 1.29 is 24.2 Å². The van der Waals surface area contributed by atoms with Gasteiger partial charge in [-0.3, -0.25) is 9.59 Å². The number of anilines is 1. The summed E-state index contributed by atoms with van der Waals surface area (Å²) in [6, 6.07) is 5.14. The van der Waals surface area contributed by atoms with E-state index in [-0.39, 0.29) is 12.3 Å². The SMILES string of the molecule is CCCCOc1ccc(OC)cc1NC(=O)CC(C)(C)C(=O)O. The van der Waals surface area contributed by atoms with Gasteiger partial charge in [-0.05, 0) is 32.4 Å². The fourth-order valence-corrected chi connectivity index (χ4v) is 1.86. The van der Waals surface area contributed by atoms with Gasteiger partial charge < -0.3 is 19.9 Å². The lowest BCUT2D eigenvalue weighted by molar-refractivity contribution is -0.148. The predicted molar refractivity (Wildman–Crippen MR) is 88.1 cm³/mol. The van der Waals surface area contributed by atoms with E-state index in [1.807, 2.05) is 0 Å². The van der Waals surface area contributed by atoms with Crippen LogP contribution in [-0.4, -0.2) is 30.7 Å². The van der Waals surface area contributed by atoms with E-state index in [9.17, 15) is 9.59 Å². The number of benzene rings is 1. The van der Waals surface area contributed by atoms with Gasteiger partial charge in [0.2, 0.25) is 5.91 Å². The van der Waals surface area contributed by atoms with E-state index in [0.29, 0.717) is 23.8 Å². The van der Waals surface area contributed by atoms with Crippen LogP contribution in [0.1, 0.15) is 40.0 Å². The zero-order valence-electron chi connectivity index (χ0n) is 14.1. The van der Waals surface area contributed by atoms with E-state index >= 15 is 0 Å². The van der Waals surface area contributed by atoms with Gasteiger partial charge in [0.15, 0.2) is 0 Å². The molecule has 1 aromatic carbocycles. The number of hydrogen-bond donors (Lipinski definition) is 2. The molecule has 0 aliphatic rings. The van der Waals surface area contributed by atoms with Crippen molar-refractivity contribution in [3.63, 3.8) is 0 Å². The van der Waals surface area contributed by atoms with Crippen molar-refractivity contribution in [2.75, 3.05) is 19.0 Å². The van der Waals surface area contributed by atoms with Gasteiger partial charge in [0.1, 0.15) is 11.5 Å². The van der Waals surface area contributed by atoms with Crippen LogP contribution < -0.4 is 14.8 Å². The highest BCUT2D eigenvalue weighted by Gasteiger charge is 2.30. The summed E-state index contributed by atoms with van der Waals surface area (Å²) >= 11 is 0. The van der Waals surface area contributed by atoms with Crippen molar-refractivity contribution in [2.24, 2.45) is 5.41 Å². The molecule has 0 heterocycles. The molecule has 2 N–H and O–H groups in total. The molecule has 0 saturated heterocycles. The highest BCUT2D eigenvalue weighted by atomic mass is 16.5. The van der Waals surface area contributed by atoms with Crippen LogP contribution in [0, 0.1) is 5.41 Å². The summed E-state index contributed by atoms with van der Waals surface area (Å²) in [5, 5.41) is 11.8. The number of ether oxygens (including phenoxy) is 2. The Morgan fingerprint density at radius 3 is 2.57 bits per heavy atom. The number of aliphatic carboxylic acids is 1. The summed E-state index contributed by atoms with van der Waals surface area (Å²) in [5.41, 5.74) is -0.654. The third kappa shape index (κ3) is 5.81. The summed E-state index contributed by atoms with van der Waals surface area (Å²) in [4.78, 5) is 23.3. The molecule has 6 nitrogen and oxygen atoms in total. The minimum Gasteiger partial charge on any atom is -0.497 e. The van der Waals surface area contributed by atoms with Crippen LogP contribution in [0.25, 0.3) is 0 Å². The molecule has 0 bridgehead atoms. The van der Waals surface area contributed by atoms with Crippen LogP contribution in [-0.2, 0) is 9.59 Å². The first-order chi connectivity index (χ1) is 10.8. The third-order valence-corrected chi connectivity index (χ3v) is 3.40. The maximum Gasteiger partial charge on any atom is 0.309 e. The maximum absolute atomic E-state index is 12.1. The van der Waals surface area contributed by atoms with Gasteiger partial charge in [-0.2, -0.15) is 0 Å². The normalized spacial score (nSPS) is 11.0. The molecule has 6 heteroatoms. The van der Waals surface area contributed by atoms with E-state index in [2.05, 4.69) is 12.2 Å². The standard InChI is InChI=1S/C17H25NO5/c1-5-6-9-23-14-8-7-12(22-4)10-13(14)18-15(19)11-17(2,3)16(20)21/h7-8,10H,5-6,9,11H2,1-4H3,(H,18,19)(H,20,21). The second-order valence-corrected chi connectivity index (χ2v) is 5.98. The Morgan fingerprint density at radius 1 is 1.30 bits per heavy atom. The largest absolute Gasteiger partial charge is 0.497 e. The lowest BCUT2D eigenvalue weighted by Gasteiger charge is -2.19. The van der Waals surface area contributed by atoms with Crippen molar-refractivity contribution in [1.29, 1.82) is 0 Å². The minimum absolute atomic E-state index is 0.131. The molecule has 0 atom stereocenters. The number of carbonyl (C=O) groups is 2. The quantitative estimate of drug-likeness (QED) is 0.681. The molecule has 1 amide bonds. The number of hydrogen-bond acceptors (Lipinski definition) is 4. The number of rotatable bonds is 9. The van der Waals surface area contributed by atoms with Crippen LogP contribution in [0.5, 0.6) is 11.5 Å². The van der Waals surface area contributed by atoms with Gasteiger partial charge in [0.05, 0.1) is 24.8 Å². The second-order valence-electron chi connectivity index (χ2n) is 5.98. The lowest BCUT2D eigenvalue weighted by Crippen LogP contribution is -2.29. The molecule has 1 rings (SSSR count). The Hall–Kier alpha value is -2.24. The van der Waals surface area contributed by atoms with Crippen LogP contribution in [0.15, 0.2) is 18.2 Å². The highest BCUT2D eigenvalue weighted by Crippen LogP contribution is 2.30. The van der Waals surface area contributed by atoms with Crippen molar-refractivity contribution in [2.45, 2.75) is 40.0 Å². The Labute approximate surface area is 136 Å². The molecular weight excluding hydrogens is 298 g/mol. The smallest absolute Gasteiger partial charge is 0.309 e. The molecule has 128 valence electrons. The van der Waals surface area contributed by atoms with Crippen LogP contribution >= 0.6 is 0 Å². The molecule has 23 heavy (non-hydrogen) atoms. The average Bonchev–Trinajstić information content (AvgIpc) is 2.48. The number of carboxylic acid groups (broad SMARTS) is 1. The van der Waals surface area contributed by atoms with Crippen molar-refractivity contribution in [1.82, 2.24) is 0 Å². The van der Waals surface area contributed by atoms with Gasteiger partial charge in [-0.15, -0.1) is 0 Å². The maximum atomic E-state index is 12.1. The fraction of sp³-hybridized carbons (Fsp3) is 0.529. The Bertz CT molecular complexity index is 554. The zero-order valence-corrected chi connectivity index (χ0v) is 14.1. The first-order valence-corrected chi connectivity index (χ1v) is 7.64. The lowest BCUT2D eigenvalue weighted by atomic mass is 9.89. The van der Waals surface area contributed by atoms with E-state index in [1.54, 1.807) is 18.2 Å². The summed E-state index contributed by atoms with van der Waals surface area (Å²) in [6.45, 7) is 5.64. The van der Waals surface area contributed by atoms with Crippen LogP contribution in [0.2, 0.25) is 0 Å². The Kier molecular flexibility index (Phi) is 6.88. The number of carbonyl (C=O) groups excluding carboxylic acids is 1. The summed E-state index contributed by atoms with van der Waals surface area (Å²) < 4.78 is 10.8. The molecule has 0 aliphatic carbocycles. The zero-order chi connectivity index (χ0) is 17.5. The molecule has 0 saturated carbocycles. The van der Waals surface area contributed by atoms with E-state index in [1.165, 1.54) is 21.0 Å². The number of unbranched alkanes of at least 4 members (excludes halogenated alkanes) is 1. The van der Waals surface area contributed by atoms with Gasteiger partial charge >= 0.3 is 5.97 Å². The first-order valence-electron chi connectivity index (χ1n) is 7.64. The molecular formula is C17H25NO5. The topological polar surface area (TPSA) is 84.9 Å². The minimum atomic E-state index is -1.13. The molecule has 0 aromatic heterocycles.